The number of hydrogen-bond donors (Lipinski definition) is 4. The molecule has 2 heterocycles. The maximum Gasteiger partial charge on any atom is 0.338 e. The summed E-state index contributed by atoms with van der Waals surface area (Å²) >= 11 is 1.36. The predicted molar refractivity (Wildman–Crippen MR) is 196 cm³/mol. The van der Waals surface area contributed by atoms with Crippen LogP contribution in [0.2, 0.25) is 0 Å². The van der Waals surface area contributed by atoms with Gasteiger partial charge in [0.25, 0.3) is 0 Å². The van der Waals surface area contributed by atoms with Crippen LogP contribution in [-0.2, 0) is 32.2 Å². The molecule has 1 fully saturated rings. The fraction of sp³-hybridized carbons (Fsp3) is 0.350. The van der Waals surface area contributed by atoms with Gasteiger partial charge in [0.2, 0.25) is 11.8 Å². The number of aliphatic hydroxyl groups excluding tert-OH is 1. The van der Waals surface area contributed by atoms with Crippen molar-refractivity contribution >= 4 is 29.5 Å². The van der Waals surface area contributed by atoms with E-state index in [0.29, 0.717) is 30.3 Å². The fourth-order valence-electron chi connectivity index (χ4n) is 5.97. The number of carbonyl (C=O) groups excluding carboxylic acids is 2. The lowest BCUT2D eigenvalue weighted by atomic mass is 9.91. The molecule has 0 saturated carbocycles. The summed E-state index contributed by atoms with van der Waals surface area (Å²) in [7, 11) is 0. The Morgan fingerprint density at radius 3 is 2.33 bits per heavy atom. The number of aromatic nitrogens is 1. The number of aromatic carboxylic acids is 1. The molecule has 1 aliphatic rings. The lowest BCUT2D eigenvalue weighted by Crippen LogP contribution is -2.38. The van der Waals surface area contributed by atoms with Crippen molar-refractivity contribution in [1.82, 2.24) is 15.6 Å². The van der Waals surface area contributed by atoms with Crippen LogP contribution in [0.5, 0.6) is 0 Å². The maximum atomic E-state index is 12.4. The summed E-state index contributed by atoms with van der Waals surface area (Å²) < 4.78 is 13.2. The van der Waals surface area contributed by atoms with E-state index in [1.807, 2.05) is 66.7 Å². The lowest BCUT2D eigenvalue weighted by Gasteiger charge is -2.41. The Morgan fingerprint density at radius 2 is 1.61 bits per heavy atom. The number of aliphatic hydroxyl groups is 1. The molecule has 3 aromatic carbocycles. The number of ether oxygens (including phenoxy) is 2. The van der Waals surface area contributed by atoms with Gasteiger partial charge in [-0.05, 0) is 58.9 Å². The molecule has 1 saturated heterocycles. The van der Waals surface area contributed by atoms with Gasteiger partial charge in [-0.15, -0.1) is 11.8 Å². The van der Waals surface area contributed by atoms with Crippen LogP contribution in [0.25, 0.3) is 11.1 Å². The number of carboxylic acid groups (broad SMARTS) is 1. The van der Waals surface area contributed by atoms with Crippen molar-refractivity contribution in [3.8, 4) is 11.1 Å². The third kappa shape index (κ3) is 10.7. The Kier molecular flexibility index (Phi) is 13.8. The number of carboxylic acids is 1. The average molecular weight is 712 g/mol. The Morgan fingerprint density at radius 1 is 0.843 bits per heavy atom. The summed E-state index contributed by atoms with van der Waals surface area (Å²) in [6.45, 7) is 4.59. The maximum absolute atomic E-state index is 12.4. The van der Waals surface area contributed by atoms with Gasteiger partial charge in [-0.1, -0.05) is 80.1 Å². The third-order valence-electron chi connectivity index (χ3n) is 8.90. The first-order valence-electron chi connectivity index (χ1n) is 17.2. The second kappa shape index (κ2) is 18.6. The van der Waals surface area contributed by atoms with Crippen molar-refractivity contribution in [3.63, 3.8) is 0 Å². The number of rotatable bonds is 16. The summed E-state index contributed by atoms with van der Waals surface area (Å²) in [5.74, 6) is -0.644. The van der Waals surface area contributed by atoms with E-state index in [1.165, 1.54) is 18.7 Å². The molecule has 268 valence electrons. The van der Waals surface area contributed by atoms with Crippen molar-refractivity contribution in [2.45, 2.75) is 76.2 Å². The van der Waals surface area contributed by atoms with Crippen LogP contribution in [0.4, 0.5) is 0 Å². The molecule has 4 aromatic rings. The first-order chi connectivity index (χ1) is 24.7. The summed E-state index contributed by atoms with van der Waals surface area (Å²) in [6, 6.07) is 27.0. The smallest absolute Gasteiger partial charge is 0.338 e. The molecule has 1 aromatic heterocycles. The summed E-state index contributed by atoms with van der Waals surface area (Å²) in [6.07, 6.45) is 3.29. The zero-order chi connectivity index (χ0) is 36.2. The van der Waals surface area contributed by atoms with Crippen LogP contribution < -0.4 is 10.6 Å². The zero-order valence-electron chi connectivity index (χ0n) is 28.9. The van der Waals surface area contributed by atoms with Crippen molar-refractivity contribution in [3.05, 3.63) is 119 Å². The molecule has 10 nitrogen and oxygen atoms in total. The van der Waals surface area contributed by atoms with Gasteiger partial charge in [-0.3, -0.25) is 9.59 Å². The van der Waals surface area contributed by atoms with Crippen LogP contribution in [0, 0.1) is 5.92 Å². The second-order valence-corrected chi connectivity index (χ2v) is 13.7. The highest BCUT2D eigenvalue weighted by molar-refractivity contribution is 7.99. The van der Waals surface area contributed by atoms with E-state index in [2.05, 4.69) is 28.6 Å². The van der Waals surface area contributed by atoms with Crippen LogP contribution in [-0.4, -0.2) is 51.4 Å². The van der Waals surface area contributed by atoms with Gasteiger partial charge in [-0.2, -0.15) is 0 Å². The first-order valence-corrected chi connectivity index (χ1v) is 18.2. The molecule has 0 bridgehead atoms. The van der Waals surface area contributed by atoms with Crippen LogP contribution in [0.1, 0.15) is 84.5 Å². The third-order valence-corrected chi connectivity index (χ3v) is 9.99. The van der Waals surface area contributed by atoms with Gasteiger partial charge in [0, 0.05) is 49.9 Å². The number of carbonyl (C=O) groups is 3. The van der Waals surface area contributed by atoms with Gasteiger partial charge in [-0.25, -0.2) is 9.78 Å². The molecule has 51 heavy (non-hydrogen) atoms. The van der Waals surface area contributed by atoms with Crippen molar-refractivity contribution in [1.29, 1.82) is 0 Å². The van der Waals surface area contributed by atoms with Gasteiger partial charge in [0.15, 0.2) is 6.29 Å². The molecule has 4 N–H and O–H groups in total. The number of unbranched alkanes of at least 4 members (excludes halogenated alkanes) is 2. The van der Waals surface area contributed by atoms with E-state index >= 15 is 0 Å². The van der Waals surface area contributed by atoms with Crippen LogP contribution in [0.3, 0.4) is 0 Å². The van der Waals surface area contributed by atoms with Crippen molar-refractivity contribution < 1.29 is 34.1 Å². The number of thioether (sulfide) groups is 1. The number of nitrogens with one attached hydrogen (secondary N) is 2. The molecule has 1 aliphatic heterocycles. The minimum atomic E-state index is -1.02. The number of hydrogen-bond acceptors (Lipinski definition) is 8. The topological polar surface area (TPSA) is 147 Å². The summed E-state index contributed by atoms with van der Waals surface area (Å²) in [4.78, 5) is 39.5. The molecule has 4 atom stereocenters. The molecule has 0 unspecified atom stereocenters. The van der Waals surface area contributed by atoms with E-state index in [9.17, 15) is 24.6 Å². The standard InChI is InChI=1S/C40H45N3O7S/c1-26-35(25-51-38-34(39(47)48)10-7-21-42-38)49-40(50-37(26)31-14-12-28(24-44)13-15-31)32-18-16-30(17-19-32)33-9-6-8-29(22-33)23-43-36(46)11-4-3-5-20-41-27(2)45/h6-10,12-19,21-22,26,35,37,40,44H,3-5,11,20,23-25H2,1-2H3,(H,41,45)(H,43,46)(H,47,48)/t26-,35+,37+,40+/m1/s1. The highest BCUT2D eigenvalue weighted by Crippen LogP contribution is 2.43. The van der Waals surface area contributed by atoms with Gasteiger partial charge >= 0.3 is 5.97 Å². The van der Waals surface area contributed by atoms with E-state index in [-0.39, 0.29) is 42.1 Å². The minimum absolute atomic E-state index is 0.00721. The highest BCUT2D eigenvalue weighted by atomic mass is 32.2. The number of pyridine rings is 1. The molecule has 5 rings (SSSR count). The lowest BCUT2D eigenvalue weighted by molar-refractivity contribution is -0.268. The molecule has 2 amide bonds. The fourth-order valence-corrected chi connectivity index (χ4v) is 7.12. The van der Waals surface area contributed by atoms with Gasteiger partial charge < -0.3 is 30.3 Å². The Bertz CT molecular complexity index is 1770. The van der Waals surface area contributed by atoms with Gasteiger partial charge in [0.05, 0.1) is 24.4 Å². The average Bonchev–Trinajstić information content (AvgIpc) is 3.15. The van der Waals surface area contributed by atoms with Crippen molar-refractivity contribution in [2.75, 3.05) is 12.3 Å². The van der Waals surface area contributed by atoms with E-state index < -0.39 is 12.3 Å². The summed E-state index contributed by atoms with van der Waals surface area (Å²) in [5, 5.41) is 25.4. The Balaban J connectivity index is 1.25. The van der Waals surface area contributed by atoms with Crippen LogP contribution in [0.15, 0.2) is 96.2 Å². The second-order valence-electron chi connectivity index (χ2n) is 12.7. The largest absolute Gasteiger partial charge is 0.478 e. The zero-order valence-corrected chi connectivity index (χ0v) is 29.7. The predicted octanol–water partition coefficient (Wildman–Crippen LogP) is 6.84. The SMILES string of the molecule is CC(=O)NCCCCCC(=O)NCc1cccc(-c2ccc([C@H]3O[C@@H](CSc4ncccc4C(=O)O)[C@@H](C)[C@@H](c4ccc(CO)cc4)O3)cc2)c1. The normalized spacial score (nSPS) is 18.6. The monoisotopic (exact) mass is 711 g/mol. The molecular weight excluding hydrogens is 667 g/mol. The van der Waals surface area contributed by atoms with E-state index in [0.717, 1.165) is 52.6 Å². The Hall–Kier alpha value is -4.55. The van der Waals surface area contributed by atoms with Gasteiger partial charge in [0.1, 0.15) is 5.03 Å². The van der Waals surface area contributed by atoms with E-state index in [1.54, 1.807) is 18.3 Å². The first kappa shape index (κ1) is 37.7. The number of benzene rings is 3. The molecule has 0 aliphatic carbocycles. The molecule has 0 spiro atoms. The Labute approximate surface area is 303 Å². The van der Waals surface area contributed by atoms with Crippen molar-refractivity contribution in [2.24, 2.45) is 5.92 Å². The summed E-state index contributed by atoms with van der Waals surface area (Å²) in [5.41, 5.74) is 5.81. The van der Waals surface area contributed by atoms with E-state index in [4.69, 9.17) is 9.47 Å². The highest BCUT2D eigenvalue weighted by Gasteiger charge is 2.38. The number of amides is 2. The molecule has 0 radical (unpaired) electrons. The minimum Gasteiger partial charge on any atom is -0.478 e. The molecule has 11 heteroatoms. The van der Waals surface area contributed by atoms with Crippen LogP contribution >= 0.6 is 11.8 Å². The molecular formula is C40H45N3O7S. The number of nitrogens with zero attached hydrogens (tertiary/aromatic N) is 1. The quantitative estimate of drug-likeness (QED) is 0.0725.